The molecule has 0 aromatic heterocycles. The number of carbonyl (C=O) groups excluding carboxylic acids is 2. The summed E-state index contributed by atoms with van der Waals surface area (Å²) in [5.41, 5.74) is 6.37. The Morgan fingerprint density at radius 1 is 1.32 bits per heavy atom. The van der Waals surface area contributed by atoms with Gasteiger partial charge in [0.1, 0.15) is 0 Å². The second kappa shape index (κ2) is 7.33. The van der Waals surface area contributed by atoms with Gasteiger partial charge in [-0.15, -0.1) is 0 Å². The summed E-state index contributed by atoms with van der Waals surface area (Å²) in [5.74, 6) is -0.637. The van der Waals surface area contributed by atoms with Gasteiger partial charge in [0.25, 0.3) is 0 Å². The summed E-state index contributed by atoms with van der Waals surface area (Å²) in [5, 5.41) is 8.82. The van der Waals surface area contributed by atoms with E-state index in [4.69, 9.17) is 10.8 Å². The zero-order chi connectivity index (χ0) is 14.3. The Kier molecular flexibility index (Phi) is 5.75. The molecule has 0 spiro atoms. The van der Waals surface area contributed by atoms with Crippen molar-refractivity contribution in [3.63, 3.8) is 0 Å². The zero-order valence-electron chi connectivity index (χ0n) is 10.9. The van der Waals surface area contributed by atoms with Gasteiger partial charge in [0.2, 0.25) is 11.8 Å². The van der Waals surface area contributed by atoms with Gasteiger partial charge < -0.3 is 15.7 Å². The van der Waals surface area contributed by atoms with Gasteiger partial charge in [-0.25, -0.2) is 0 Å². The maximum Gasteiger partial charge on any atom is 0.248 e. The van der Waals surface area contributed by atoms with Gasteiger partial charge in [-0.2, -0.15) is 0 Å². The van der Waals surface area contributed by atoms with E-state index in [2.05, 4.69) is 0 Å². The third kappa shape index (κ3) is 4.56. The normalized spacial score (nSPS) is 10.6. The highest BCUT2D eigenvalue weighted by Gasteiger charge is 2.06. The number of nitrogens with zero attached hydrogens (tertiary/aromatic N) is 1. The Balaban J connectivity index is 2.70. The lowest BCUT2D eigenvalue weighted by atomic mass is 10.1. The van der Waals surface area contributed by atoms with Crippen LogP contribution in [0.2, 0.25) is 0 Å². The summed E-state index contributed by atoms with van der Waals surface area (Å²) in [4.78, 5) is 24.2. The van der Waals surface area contributed by atoms with Gasteiger partial charge in [-0.1, -0.05) is 12.1 Å². The maximum absolute atomic E-state index is 11.8. The molecular weight excluding hydrogens is 244 g/mol. The van der Waals surface area contributed by atoms with Crippen LogP contribution in [-0.4, -0.2) is 41.5 Å². The minimum atomic E-state index is -0.480. The van der Waals surface area contributed by atoms with Crippen molar-refractivity contribution in [2.45, 2.75) is 6.92 Å². The Bertz CT molecular complexity index is 466. The first-order chi connectivity index (χ1) is 9.08. The van der Waals surface area contributed by atoms with Crippen molar-refractivity contribution in [1.29, 1.82) is 0 Å². The van der Waals surface area contributed by atoms with E-state index in [0.717, 1.165) is 5.56 Å². The van der Waals surface area contributed by atoms with Gasteiger partial charge in [0.05, 0.1) is 6.61 Å². The minimum Gasteiger partial charge on any atom is -0.395 e. The van der Waals surface area contributed by atoms with Crippen molar-refractivity contribution >= 4 is 17.9 Å². The summed E-state index contributed by atoms with van der Waals surface area (Å²) in [6.45, 7) is 2.66. The second-order valence-corrected chi connectivity index (χ2v) is 3.96. The average molecular weight is 262 g/mol. The molecule has 1 aromatic carbocycles. The number of carbonyl (C=O) groups is 2. The average Bonchev–Trinajstić information content (AvgIpc) is 2.42. The van der Waals surface area contributed by atoms with Gasteiger partial charge in [0, 0.05) is 24.7 Å². The van der Waals surface area contributed by atoms with Gasteiger partial charge in [-0.3, -0.25) is 9.59 Å². The summed E-state index contributed by atoms with van der Waals surface area (Å²) < 4.78 is 0. The Hall–Kier alpha value is -2.14. The molecule has 5 heteroatoms. The molecule has 0 atom stereocenters. The number of rotatable bonds is 6. The van der Waals surface area contributed by atoms with Crippen LogP contribution in [0.4, 0.5) is 0 Å². The highest BCUT2D eigenvalue weighted by molar-refractivity contribution is 5.94. The van der Waals surface area contributed by atoms with Crippen LogP contribution in [0, 0.1) is 0 Å². The third-order valence-electron chi connectivity index (χ3n) is 2.68. The first-order valence-electron chi connectivity index (χ1n) is 6.06. The number of aliphatic hydroxyl groups is 1. The summed E-state index contributed by atoms with van der Waals surface area (Å²) in [6.07, 6.45) is 3.10. The van der Waals surface area contributed by atoms with E-state index in [1.165, 1.54) is 11.0 Å². The number of amides is 2. The van der Waals surface area contributed by atoms with E-state index in [0.29, 0.717) is 18.7 Å². The molecule has 2 amide bonds. The molecule has 0 aliphatic rings. The molecule has 1 aromatic rings. The van der Waals surface area contributed by atoms with E-state index >= 15 is 0 Å². The lowest BCUT2D eigenvalue weighted by molar-refractivity contribution is -0.126. The highest BCUT2D eigenvalue weighted by Crippen LogP contribution is 2.06. The molecule has 0 aliphatic carbocycles. The smallest absolute Gasteiger partial charge is 0.248 e. The molecule has 3 N–H and O–H groups in total. The maximum atomic E-state index is 11.8. The molecule has 102 valence electrons. The van der Waals surface area contributed by atoms with Gasteiger partial charge >= 0.3 is 0 Å². The van der Waals surface area contributed by atoms with Crippen LogP contribution >= 0.6 is 0 Å². The quantitative estimate of drug-likeness (QED) is 0.738. The van der Waals surface area contributed by atoms with E-state index < -0.39 is 5.91 Å². The SMILES string of the molecule is CCN(CCO)C(=O)C=Cc1ccc(C(N)=O)cc1. The number of benzene rings is 1. The fourth-order valence-electron chi connectivity index (χ4n) is 1.58. The number of primary amides is 1. The molecule has 5 nitrogen and oxygen atoms in total. The Labute approximate surface area is 112 Å². The third-order valence-corrected chi connectivity index (χ3v) is 2.68. The number of aliphatic hydroxyl groups excluding tert-OH is 1. The predicted molar refractivity (Wildman–Crippen MR) is 73.3 cm³/mol. The number of hydrogen-bond acceptors (Lipinski definition) is 3. The molecule has 19 heavy (non-hydrogen) atoms. The van der Waals surface area contributed by atoms with Crippen molar-refractivity contribution in [2.24, 2.45) is 5.73 Å². The van der Waals surface area contributed by atoms with Crippen LogP contribution in [-0.2, 0) is 4.79 Å². The number of hydrogen-bond donors (Lipinski definition) is 2. The van der Waals surface area contributed by atoms with Crippen LogP contribution in [0.15, 0.2) is 30.3 Å². The standard InChI is InChI=1S/C14H18N2O3/c1-2-16(9-10-17)13(18)8-5-11-3-6-12(7-4-11)14(15)19/h3-8,17H,2,9-10H2,1H3,(H2,15,19). The van der Waals surface area contributed by atoms with E-state index in [9.17, 15) is 9.59 Å². The predicted octanol–water partition coefficient (Wildman–Crippen LogP) is 0.639. The number of nitrogens with two attached hydrogens (primary N) is 1. The monoisotopic (exact) mass is 262 g/mol. The molecule has 0 saturated heterocycles. The van der Waals surface area contributed by atoms with E-state index in [1.54, 1.807) is 30.3 Å². The van der Waals surface area contributed by atoms with E-state index in [-0.39, 0.29) is 12.5 Å². The van der Waals surface area contributed by atoms with Crippen molar-refractivity contribution < 1.29 is 14.7 Å². The van der Waals surface area contributed by atoms with Crippen molar-refractivity contribution in [2.75, 3.05) is 19.7 Å². The topological polar surface area (TPSA) is 83.6 Å². The lowest BCUT2D eigenvalue weighted by Gasteiger charge is -2.17. The van der Waals surface area contributed by atoms with Crippen LogP contribution in [0.1, 0.15) is 22.8 Å². The molecule has 0 saturated carbocycles. The summed E-state index contributed by atoms with van der Waals surface area (Å²) >= 11 is 0. The van der Waals surface area contributed by atoms with Crippen LogP contribution in [0.25, 0.3) is 6.08 Å². The van der Waals surface area contributed by atoms with Crippen molar-refractivity contribution in [1.82, 2.24) is 4.90 Å². The Morgan fingerprint density at radius 3 is 2.42 bits per heavy atom. The first kappa shape index (κ1) is 14.9. The molecular formula is C14H18N2O3. The lowest BCUT2D eigenvalue weighted by Crippen LogP contribution is -2.31. The highest BCUT2D eigenvalue weighted by atomic mass is 16.3. The molecule has 0 fully saturated rings. The first-order valence-corrected chi connectivity index (χ1v) is 6.06. The van der Waals surface area contributed by atoms with Gasteiger partial charge in [0.15, 0.2) is 0 Å². The Morgan fingerprint density at radius 2 is 1.95 bits per heavy atom. The zero-order valence-corrected chi connectivity index (χ0v) is 10.9. The van der Waals surface area contributed by atoms with Crippen LogP contribution < -0.4 is 5.73 Å². The van der Waals surface area contributed by atoms with Crippen molar-refractivity contribution in [3.8, 4) is 0 Å². The molecule has 0 radical (unpaired) electrons. The van der Waals surface area contributed by atoms with Crippen molar-refractivity contribution in [3.05, 3.63) is 41.5 Å². The van der Waals surface area contributed by atoms with E-state index in [1.807, 2.05) is 6.92 Å². The minimum absolute atomic E-state index is 0.0548. The fourth-order valence-corrected chi connectivity index (χ4v) is 1.58. The molecule has 0 unspecified atom stereocenters. The van der Waals surface area contributed by atoms with Crippen LogP contribution in [0.3, 0.4) is 0 Å². The summed E-state index contributed by atoms with van der Waals surface area (Å²) in [6, 6.07) is 6.65. The summed E-state index contributed by atoms with van der Waals surface area (Å²) in [7, 11) is 0. The molecule has 1 rings (SSSR count). The molecule has 0 bridgehead atoms. The van der Waals surface area contributed by atoms with Crippen LogP contribution in [0.5, 0.6) is 0 Å². The largest absolute Gasteiger partial charge is 0.395 e. The fraction of sp³-hybridized carbons (Fsp3) is 0.286. The van der Waals surface area contributed by atoms with Gasteiger partial charge in [-0.05, 0) is 30.7 Å². The second-order valence-electron chi connectivity index (χ2n) is 3.96. The molecule has 0 heterocycles. The number of likely N-dealkylation sites (N-methyl/N-ethyl adjacent to an activating group) is 1. The molecule has 0 aliphatic heterocycles.